The molecule has 0 unspecified atom stereocenters. The zero-order chi connectivity index (χ0) is 15.0. The van der Waals surface area contributed by atoms with Gasteiger partial charge in [0.2, 0.25) is 0 Å². The van der Waals surface area contributed by atoms with E-state index in [-0.39, 0.29) is 17.8 Å². The molecule has 2 bridgehead atoms. The molecule has 0 N–H and O–H groups in total. The predicted molar refractivity (Wildman–Crippen MR) is 76.5 cm³/mol. The van der Waals surface area contributed by atoms with Crippen LogP contribution in [0.4, 0.5) is 0 Å². The molecule has 21 heavy (non-hydrogen) atoms. The Labute approximate surface area is 123 Å². The van der Waals surface area contributed by atoms with Crippen molar-refractivity contribution in [1.29, 1.82) is 0 Å². The third-order valence-electron chi connectivity index (χ3n) is 4.67. The van der Waals surface area contributed by atoms with Gasteiger partial charge in [-0.1, -0.05) is 30.3 Å². The molecule has 1 aromatic carbocycles. The van der Waals surface area contributed by atoms with Crippen LogP contribution in [0.25, 0.3) is 0 Å². The fraction of sp³-hybridized carbons (Fsp3) is 0.412. The highest BCUT2D eigenvalue weighted by Gasteiger charge is 2.51. The second-order valence-electron chi connectivity index (χ2n) is 5.60. The van der Waals surface area contributed by atoms with E-state index in [0.29, 0.717) is 11.1 Å². The number of esters is 2. The molecule has 0 heterocycles. The summed E-state index contributed by atoms with van der Waals surface area (Å²) in [6, 6.07) is 10.2. The second kappa shape index (κ2) is 5.35. The van der Waals surface area contributed by atoms with Crippen LogP contribution in [-0.2, 0) is 19.1 Å². The van der Waals surface area contributed by atoms with E-state index in [9.17, 15) is 9.59 Å². The van der Waals surface area contributed by atoms with E-state index >= 15 is 0 Å². The van der Waals surface area contributed by atoms with E-state index in [1.807, 2.05) is 18.2 Å². The summed E-state index contributed by atoms with van der Waals surface area (Å²) in [5.74, 6) is -0.364. The van der Waals surface area contributed by atoms with E-state index in [0.717, 1.165) is 12.8 Å². The highest BCUT2D eigenvalue weighted by molar-refractivity contribution is 6.02. The summed E-state index contributed by atoms with van der Waals surface area (Å²) in [7, 11) is 2.71. The topological polar surface area (TPSA) is 52.6 Å². The van der Waals surface area contributed by atoms with Crippen LogP contribution in [0.5, 0.6) is 0 Å². The molecule has 0 radical (unpaired) electrons. The van der Waals surface area contributed by atoms with Crippen molar-refractivity contribution in [3.05, 3.63) is 47.0 Å². The normalized spacial score (nSPS) is 26.9. The Balaban J connectivity index is 2.01. The van der Waals surface area contributed by atoms with Crippen LogP contribution in [0.2, 0.25) is 0 Å². The summed E-state index contributed by atoms with van der Waals surface area (Å²) in [5.41, 5.74) is 2.27. The maximum atomic E-state index is 12.1. The van der Waals surface area contributed by atoms with E-state index in [1.165, 1.54) is 19.8 Å². The van der Waals surface area contributed by atoms with Gasteiger partial charge in [-0.15, -0.1) is 0 Å². The zero-order valence-corrected chi connectivity index (χ0v) is 12.2. The van der Waals surface area contributed by atoms with E-state index < -0.39 is 11.9 Å². The van der Waals surface area contributed by atoms with Crippen molar-refractivity contribution in [2.24, 2.45) is 11.8 Å². The largest absolute Gasteiger partial charge is 0.466 e. The number of hydrogen-bond acceptors (Lipinski definition) is 4. The molecule has 0 aromatic heterocycles. The molecule has 2 aliphatic carbocycles. The Morgan fingerprint density at radius 1 is 0.905 bits per heavy atom. The van der Waals surface area contributed by atoms with Crippen molar-refractivity contribution in [2.45, 2.75) is 18.8 Å². The second-order valence-corrected chi connectivity index (χ2v) is 5.60. The number of carbonyl (C=O) groups is 2. The smallest absolute Gasteiger partial charge is 0.334 e. The molecule has 1 fully saturated rings. The van der Waals surface area contributed by atoms with Crippen molar-refractivity contribution in [1.82, 2.24) is 0 Å². The molecular weight excluding hydrogens is 268 g/mol. The molecule has 1 aromatic rings. The highest BCUT2D eigenvalue weighted by atomic mass is 16.5. The number of fused-ring (bicyclic) bond motifs is 2. The molecule has 110 valence electrons. The van der Waals surface area contributed by atoms with Crippen molar-refractivity contribution in [2.75, 3.05) is 14.2 Å². The van der Waals surface area contributed by atoms with Crippen molar-refractivity contribution in [3.8, 4) is 0 Å². The minimum atomic E-state index is -0.400. The van der Waals surface area contributed by atoms with Gasteiger partial charge in [0, 0.05) is 0 Å². The molecule has 0 amide bonds. The first-order chi connectivity index (χ1) is 10.2. The molecule has 0 spiro atoms. The first-order valence-corrected chi connectivity index (χ1v) is 7.13. The number of rotatable bonds is 3. The minimum Gasteiger partial charge on any atom is -0.466 e. The third kappa shape index (κ3) is 2.15. The number of methoxy groups -OCH3 is 2. The van der Waals surface area contributed by atoms with Gasteiger partial charge in [0.1, 0.15) is 0 Å². The first-order valence-electron chi connectivity index (χ1n) is 7.13. The molecule has 3 rings (SSSR count). The summed E-state index contributed by atoms with van der Waals surface area (Å²) in [5, 5.41) is 0. The standard InChI is InChI=1S/C17H18O4/c1-20-16(18)14-11-8-12(10-6-4-3-5-7-10)13(9-11)15(14)17(19)21-2/h3-7,11-13H,8-9H2,1-2H3/t11-,12+,13-/m1/s1. The molecule has 1 saturated carbocycles. The molecule has 4 heteroatoms. The SMILES string of the molecule is COC(=O)C1=C(C(=O)OC)[C@@H]2C[C@H]1C[C@H]2c1ccccc1. The van der Waals surface area contributed by atoms with Crippen LogP contribution in [-0.4, -0.2) is 26.2 Å². The van der Waals surface area contributed by atoms with E-state index in [4.69, 9.17) is 9.47 Å². The lowest BCUT2D eigenvalue weighted by Crippen LogP contribution is -2.23. The number of carbonyl (C=O) groups excluding carboxylic acids is 2. The van der Waals surface area contributed by atoms with Gasteiger partial charge < -0.3 is 9.47 Å². The van der Waals surface area contributed by atoms with E-state index in [2.05, 4.69) is 12.1 Å². The quantitative estimate of drug-likeness (QED) is 0.801. The Morgan fingerprint density at radius 3 is 2.10 bits per heavy atom. The molecule has 2 aliphatic rings. The maximum absolute atomic E-state index is 12.1. The number of hydrogen-bond donors (Lipinski definition) is 0. The Bertz CT molecular complexity index is 602. The Hall–Kier alpha value is -2.10. The van der Waals surface area contributed by atoms with Gasteiger partial charge >= 0.3 is 11.9 Å². The van der Waals surface area contributed by atoms with Gasteiger partial charge in [0.25, 0.3) is 0 Å². The Morgan fingerprint density at radius 2 is 1.48 bits per heavy atom. The lowest BCUT2D eigenvalue weighted by molar-refractivity contribution is -0.140. The third-order valence-corrected chi connectivity index (χ3v) is 4.67. The average Bonchev–Trinajstić information content (AvgIpc) is 3.12. The zero-order valence-electron chi connectivity index (χ0n) is 12.2. The summed E-state index contributed by atoms with van der Waals surface area (Å²) in [6.07, 6.45) is 1.72. The van der Waals surface area contributed by atoms with Gasteiger partial charge in [-0.05, 0) is 36.2 Å². The van der Waals surface area contributed by atoms with Crippen LogP contribution in [0, 0.1) is 11.8 Å². The highest BCUT2D eigenvalue weighted by Crippen LogP contribution is 2.56. The summed E-state index contributed by atoms with van der Waals surface area (Å²) >= 11 is 0. The van der Waals surface area contributed by atoms with Gasteiger partial charge in [0.15, 0.2) is 0 Å². The van der Waals surface area contributed by atoms with E-state index in [1.54, 1.807) is 0 Å². The molecular formula is C17H18O4. The van der Waals surface area contributed by atoms with Crippen LogP contribution in [0.1, 0.15) is 24.3 Å². The summed E-state index contributed by atoms with van der Waals surface area (Å²) < 4.78 is 9.74. The first kappa shape index (κ1) is 13.9. The lowest BCUT2D eigenvalue weighted by atomic mass is 9.79. The fourth-order valence-electron chi connectivity index (χ4n) is 3.84. The average molecular weight is 286 g/mol. The Kier molecular flexibility index (Phi) is 3.53. The van der Waals surface area contributed by atoms with Gasteiger partial charge in [-0.2, -0.15) is 0 Å². The van der Waals surface area contributed by atoms with Crippen LogP contribution < -0.4 is 0 Å². The fourth-order valence-corrected chi connectivity index (χ4v) is 3.84. The molecule has 3 atom stereocenters. The minimum absolute atomic E-state index is 0.0546. The van der Waals surface area contributed by atoms with Crippen molar-refractivity contribution < 1.29 is 19.1 Å². The van der Waals surface area contributed by atoms with Crippen molar-refractivity contribution >= 4 is 11.9 Å². The van der Waals surface area contributed by atoms with Crippen LogP contribution in [0.3, 0.4) is 0 Å². The monoisotopic (exact) mass is 286 g/mol. The predicted octanol–water partition coefficient (Wildman–Crippen LogP) is 2.45. The maximum Gasteiger partial charge on any atom is 0.334 e. The van der Waals surface area contributed by atoms with Crippen molar-refractivity contribution in [3.63, 3.8) is 0 Å². The molecule has 4 nitrogen and oxygen atoms in total. The molecule has 0 aliphatic heterocycles. The van der Waals surface area contributed by atoms with Gasteiger partial charge in [0.05, 0.1) is 25.4 Å². The summed E-state index contributed by atoms with van der Waals surface area (Å²) in [6.45, 7) is 0. The van der Waals surface area contributed by atoms with Crippen LogP contribution >= 0.6 is 0 Å². The molecule has 0 saturated heterocycles. The van der Waals surface area contributed by atoms with Gasteiger partial charge in [-0.3, -0.25) is 0 Å². The van der Waals surface area contributed by atoms with Crippen LogP contribution in [0.15, 0.2) is 41.5 Å². The number of ether oxygens (including phenoxy) is 2. The lowest BCUT2D eigenvalue weighted by Gasteiger charge is -2.25. The summed E-state index contributed by atoms with van der Waals surface area (Å²) in [4.78, 5) is 24.1. The van der Waals surface area contributed by atoms with Gasteiger partial charge in [-0.25, -0.2) is 9.59 Å². The number of benzene rings is 1.